The molecule has 0 saturated carbocycles. The quantitative estimate of drug-likeness (QED) is 0.740. The van der Waals surface area contributed by atoms with Gasteiger partial charge in [-0.1, -0.05) is 0 Å². The number of imidazole rings is 1. The number of hydrogen-bond donors (Lipinski definition) is 2. The summed E-state index contributed by atoms with van der Waals surface area (Å²) < 4.78 is 38.2. The van der Waals surface area contributed by atoms with Gasteiger partial charge < -0.3 is 14.5 Å². The molecular formula is C16H17N3O4S. The van der Waals surface area contributed by atoms with E-state index in [1.54, 1.807) is 30.3 Å². The van der Waals surface area contributed by atoms with Crippen molar-refractivity contribution < 1.29 is 17.9 Å². The number of anilines is 1. The molecular weight excluding hydrogens is 330 g/mol. The normalized spacial score (nSPS) is 11.5. The van der Waals surface area contributed by atoms with Crippen molar-refractivity contribution in [1.29, 1.82) is 0 Å². The number of H-pyrrole nitrogens is 1. The van der Waals surface area contributed by atoms with Crippen LogP contribution in [-0.4, -0.2) is 32.6 Å². The van der Waals surface area contributed by atoms with Crippen LogP contribution in [0.3, 0.4) is 0 Å². The maximum absolute atomic E-state index is 12.7. The van der Waals surface area contributed by atoms with Gasteiger partial charge in [-0.3, -0.25) is 4.72 Å². The van der Waals surface area contributed by atoms with E-state index < -0.39 is 10.0 Å². The smallest absolute Gasteiger partial charge is 0.265 e. The number of nitrogens with zero attached hydrogens (tertiary/aromatic N) is 1. The molecule has 0 spiro atoms. The van der Waals surface area contributed by atoms with Crippen LogP contribution in [0, 0.1) is 6.92 Å². The SMILES string of the molecule is COc1ccc(OC)c(S(=O)(=O)Nc2ccc3nc(C)[nH]c3c2)c1. The van der Waals surface area contributed by atoms with Crippen LogP contribution in [0.25, 0.3) is 11.0 Å². The summed E-state index contributed by atoms with van der Waals surface area (Å²) in [6.45, 7) is 1.84. The number of methoxy groups -OCH3 is 2. The van der Waals surface area contributed by atoms with E-state index in [0.29, 0.717) is 11.4 Å². The lowest BCUT2D eigenvalue weighted by Crippen LogP contribution is -2.14. The van der Waals surface area contributed by atoms with Crippen LogP contribution in [0.4, 0.5) is 5.69 Å². The molecule has 8 heteroatoms. The number of fused-ring (bicyclic) bond motifs is 1. The Morgan fingerprint density at radius 1 is 1.08 bits per heavy atom. The molecule has 1 aromatic heterocycles. The predicted molar refractivity (Wildman–Crippen MR) is 91.2 cm³/mol. The summed E-state index contributed by atoms with van der Waals surface area (Å²) in [6, 6.07) is 9.71. The van der Waals surface area contributed by atoms with Crippen LogP contribution in [0.5, 0.6) is 11.5 Å². The molecule has 0 amide bonds. The van der Waals surface area contributed by atoms with Crippen molar-refractivity contribution in [1.82, 2.24) is 9.97 Å². The fourth-order valence-electron chi connectivity index (χ4n) is 2.40. The van der Waals surface area contributed by atoms with Crippen molar-refractivity contribution in [2.45, 2.75) is 11.8 Å². The van der Waals surface area contributed by atoms with Crippen LogP contribution in [0.15, 0.2) is 41.3 Å². The number of aryl methyl sites for hydroxylation is 1. The van der Waals surface area contributed by atoms with Crippen molar-refractivity contribution in [3.05, 3.63) is 42.2 Å². The minimum atomic E-state index is -3.84. The zero-order valence-electron chi connectivity index (χ0n) is 13.5. The molecule has 0 unspecified atom stereocenters. The first-order chi connectivity index (χ1) is 11.4. The van der Waals surface area contributed by atoms with Crippen molar-refractivity contribution in [2.75, 3.05) is 18.9 Å². The summed E-state index contributed by atoms with van der Waals surface area (Å²) in [6.07, 6.45) is 0. The van der Waals surface area contributed by atoms with E-state index in [2.05, 4.69) is 14.7 Å². The highest BCUT2D eigenvalue weighted by atomic mass is 32.2. The summed E-state index contributed by atoms with van der Waals surface area (Å²) in [5.41, 5.74) is 1.95. The van der Waals surface area contributed by atoms with Crippen LogP contribution in [-0.2, 0) is 10.0 Å². The zero-order valence-corrected chi connectivity index (χ0v) is 14.3. The number of benzene rings is 2. The number of aromatic nitrogens is 2. The van der Waals surface area contributed by atoms with Crippen LogP contribution < -0.4 is 14.2 Å². The van der Waals surface area contributed by atoms with Gasteiger partial charge in [0.2, 0.25) is 0 Å². The van der Waals surface area contributed by atoms with Gasteiger partial charge in [0, 0.05) is 6.07 Å². The van der Waals surface area contributed by atoms with Crippen molar-refractivity contribution in [3.8, 4) is 11.5 Å². The molecule has 0 fully saturated rings. The van der Waals surface area contributed by atoms with Crippen LogP contribution >= 0.6 is 0 Å². The minimum absolute atomic E-state index is 0.00485. The van der Waals surface area contributed by atoms with Gasteiger partial charge in [-0.05, 0) is 37.3 Å². The molecule has 2 aromatic carbocycles. The first-order valence-corrected chi connectivity index (χ1v) is 8.62. The molecule has 1 heterocycles. The molecule has 0 aliphatic carbocycles. The average Bonchev–Trinajstić information content (AvgIpc) is 2.93. The van der Waals surface area contributed by atoms with Gasteiger partial charge in [0.15, 0.2) is 0 Å². The predicted octanol–water partition coefficient (Wildman–Crippen LogP) is 2.69. The van der Waals surface area contributed by atoms with E-state index in [9.17, 15) is 8.42 Å². The summed E-state index contributed by atoms with van der Waals surface area (Å²) in [5, 5.41) is 0. The third-order valence-electron chi connectivity index (χ3n) is 3.51. The van der Waals surface area contributed by atoms with Gasteiger partial charge in [-0.15, -0.1) is 0 Å². The zero-order chi connectivity index (χ0) is 17.3. The summed E-state index contributed by atoms with van der Waals surface area (Å²) in [7, 11) is -0.951. The van der Waals surface area contributed by atoms with E-state index in [1.807, 2.05) is 6.92 Å². The second-order valence-corrected chi connectivity index (χ2v) is 6.83. The third-order valence-corrected chi connectivity index (χ3v) is 4.92. The van der Waals surface area contributed by atoms with Gasteiger partial charge in [-0.25, -0.2) is 13.4 Å². The van der Waals surface area contributed by atoms with E-state index in [-0.39, 0.29) is 10.6 Å². The third kappa shape index (κ3) is 3.00. The standard InChI is InChI=1S/C16H17N3O4S/c1-10-17-13-6-4-11(8-14(13)18-10)19-24(20,21)16-9-12(22-2)5-7-15(16)23-3/h4-9,19H,1-3H3,(H,17,18). The van der Waals surface area contributed by atoms with Crippen LogP contribution in [0.1, 0.15) is 5.82 Å². The molecule has 0 saturated heterocycles. The topological polar surface area (TPSA) is 93.3 Å². The highest BCUT2D eigenvalue weighted by Crippen LogP contribution is 2.30. The number of rotatable bonds is 5. The van der Waals surface area contributed by atoms with Gasteiger partial charge in [-0.2, -0.15) is 0 Å². The lowest BCUT2D eigenvalue weighted by atomic mass is 10.3. The Hall–Kier alpha value is -2.74. The minimum Gasteiger partial charge on any atom is -0.497 e. The summed E-state index contributed by atoms with van der Waals surface area (Å²) in [4.78, 5) is 7.37. The van der Waals surface area contributed by atoms with Crippen molar-refractivity contribution in [2.24, 2.45) is 0 Å². The fraction of sp³-hybridized carbons (Fsp3) is 0.188. The Kier molecular flexibility index (Phi) is 4.06. The molecule has 7 nitrogen and oxygen atoms in total. The molecule has 3 aromatic rings. The fourth-order valence-corrected chi connectivity index (χ4v) is 3.64. The Balaban J connectivity index is 2.00. The first-order valence-electron chi connectivity index (χ1n) is 7.14. The summed E-state index contributed by atoms with van der Waals surface area (Å²) in [5.74, 6) is 1.43. The lowest BCUT2D eigenvalue weighted by molar-refractivity contribution is 0.392. The van der Waals surface area contributed by atoms with E-state index in [1.165, 1.54) is 20.3 Å². The molecule has 126 valence electrons. The maximum Gasteiger partial charge on any atom is 0.265 e. The van der Waals surface area contributed by atoms with Crippen molar-refractivity contribution in [3.63, 3.8) is 0 Å². The molecule has 2 N–H and O–H groups in total. The van der Waals surface area contributed by atoms with Gasteiger partial charge in [0.25, 0.3) is 10.0 Å². The Bertz CT molecular complexity index is 996. The van der Waals surface area contributed by atoms with E-state index in [4.69, 9.17) is 9.47 Å². The van der Waals surface area contributed by atoms with Crippen molar-refractivity contribution >= 4 is 26.7 Å². The molecule has 3 rings (SSSR count). The average molecular weight is 347 g/mol. The van der Waals surface area contributed by atoms with E-state index in [0.717, 1.165) is 16.9 Å². The van der Waals surface area contributed by atoms with Crippen LogP contribution in [0.2, 0.25) is 0 Å². The van der Waals surface area contributed by atoms with Gasteiger partial charge in [0.05, 0.1) is 30.9 Å². The number of nitrogens with one attached hydrogen (secondary N) is 2. The number of sulfonamides is 1. The molecule has 0 aliphatic heterocycles. The maximum atomic E-state index is 12.7. The second kappa shape index (κ2) is 6.04. The first kappa shape index (κ1) is 16.1. The van der Waals surface area contributed by atoms with Gasteiger partial charge >= 0.3 is 0 Å². The second-order valence-electron chi connectivity index (χ2n) is 5.18. The Morgan fingerprint density at radius 3 is 2.58 bits per heavy atom. The number of ether oxygens (including phenoxy) is 2. The van der Waals surface area contributed by atoms with Gasteiger partial charge in [0.1, 0.15) is 22.2 Å². The molecule has 0 aliphatic rings. The molecule has 0 radical (unpaired) electrons. The highest BCUT2D eigenvalue weighted by Gasteiger charge is 2.21. The Morgan fingerprint density at radius 2 is 1.88 bits per heavy atom. The largest absolute Gasteiger partial charge is 0.497 e. The number of aromatic amines is 1. The van der Waals surface area contributed by atoms with E-state index >= 15 is 0 Å². The summed E-state index contributed by atoms with van der Waals surface area (Å²) >= 11 is 0. The Labute approximate surface area is 139 Å². The molecule has 0 atom stereocenters. The molecule has 24 heavy (non-hydrogen) atoms. The highest BCUT2D eigenvalue weighted by molar-refractivity contribution is 7.92. The monoisotopic (exact) mass is 347 g/mol. The molecule has 0 bridgehead atoms. The lowest BCUT2D eigenvalue weighted by Gasteiger charge is -2.12. The number of hydrogen-bond acceptors (Lipinski definition) is 5.